The van der Waals surface area contributed by atoms with Crippen LogP contribution in [-0.4, -0.2) is 100 Å². The molecule has 0 aromatic carbocycles. The molecule has 1 rings (SSSR count). The highest BCUT2D eigenvalue weighted by Gasteiger charge is 2.59. The first kappa shape index (κ1) is 34.2. The molecule has 0 saturated carbocycles. The number of methoxy groups -OCH3 is 1. The lowest BCUT2D eigenvalue weighted by atomic mass is 9.88. The number of ether oxygens (including phenoxy) is 6. The fraction of sp³-hybridized carbons (Fsp3) is 0.696. The molecular formula is C23H36NO14P. The molecule has 1 aliphatic rings. The van der Waals surface area contributed by atoms with Crippen LogP contribution in [0.3, 0.4) is 0 Å². The fourth-order valence-corrected chi connectivity index (χ4v) is 4.33. The van der Waals surface area contributed by atoms with Gasteiger partial charge in [-0.05, 0) is 0 Å². The van der Waals surface area contributed by atoms with Crippen LogP contribution in [-0.2, 0) is 66.0 Å². The maximum absolute atomic E-state index is 13.0. The van der Waals surface area contributed by atoms with E-state index in [9.17, 15) is 28.5 Å². The number of amides is 1. The molecule has 1 amide bonds. The van der Waals surface area contributed by atoms with Gasteiger partial charge in [-0.15, -0.1) is 6.58 Å². The van der Waals surface area contributed by atoms with Gasteiger partial charge in [-0.25, -0.2) is 4.79 Å². The lowest BCUT2D eigenvalue weighted by Crippen LogP contribution is -2.69. The molecule has 0 bridgehead atoms. The molecule has 0 aromatic heterocycles. The Morgan fingerprint density at radius 3 is 2.15 bits per heavy atom. The lowest BCUT2D eigenvalue weighted by Gasteiger charge is -2.48. The van der Waals surface area contributed by atoms with Crippen LogP contribution in [0.2, 0.25) is 0 Å². The number of esters is 4. The summed E-state index contributed by atoms with van der Waals surface area (Å²) in [4.78, 5) is 61.4. The minimum Gasteiger partial charge on any atom is -0.465 e. The van der Waals surface area contributed by atoms with Gasteiger partial charge in [0.05, 0.1) is 32.8 Å². The van der Waals surface area contributed by atoms with Gasteiger partial charge in [0.2, 0.25) is 5.91 Å². The van der Waals surface area contributed by atoms with E-state index in [2.05, 4.69) is 11.9 Å². The van der Waals surface area contributed by atoms with Crippen LogP contribution < -0.4 is 5.32 Å². The molecule has 222 valence electrons. The van der Waals surface area contributed by atoms with Crippen LogP contribution in [0.1, 0.15) is 34.1 Å². The summed E-state index contributed by atoms with van der Waals surface area (Å²) in [5.41, 5.74) is 0. The van der Waals surface area contributed by atoms with Gasteiger partial charge in [-0.2, -0.15) is 0 Å². The van der Waals surface area contributed by atoms with Crippen molar-refractivity contribution in [2.75, 3.05) is 34.1 Å². The van der Waals surface area contributed by atoms with Crippen molar-refractivity contribution in [3.8, 4) is 0 Å². The van der Waals surface area contributed by atoms with Gasteiger partial charge >= 0.3 is 31.5 Å². The van der Waals surface area contributed by atoms with Crippen molar-refractivity contribution < 1.29 is 66.0 Å². The summed E-state index contributed by atoms with van der Waals surface area (Å²) in [5.74, 6) is -6.44. The van der Waals surface area contributed by atoms with Crippen molar-refractivity contribution in [3.05, 3.63) is 12.7 Å². The average Bonchev–Trinajstić information content (AvgIpc) is 2.83. The number of rotatable bonds is 14. The highest BCUT2D eigenvalue weighted by molar-refractivity contribution is 7.52. The number of hydrogen-bond acceptors (Lipinski definition) is 14. The molecule has 1 N–H and O–H groups in total. The zero-order valence-electron chi connectivity index (χ0n) is 23.0. The average molecular weight is 582 g/mol. The van der Waals surface area contributed by atoms with Crippen molar-refractivity contribution in [3.63, 3.8) is 0 Å². The van der Waals surface area contributed by atoms with Gasteiger partial charge in [-0.1, -0.05) is 6.08 Å². The second-order valence-electron chi connectivity index (χ2n) is 8.48. The summed E-state index contributed by atoms with van der Waals surface area (Å²) in [6, 6.07) is -1.28. The summed E-state index contributed by atoms with van der Waals surface area (Å²) in [5, 5.41) is 2.56. The molecule has 1 fully saturated rings. The number of nitrogens with one attached hydrogen (secondary N) is 1. The monoisotopic (exact) mass is 581 g/mol. The van der Waals surface area contributed by atoms with Gasteiger partial charge in [-0.3, -0.25) is 23.7 Å². The predicted octanol–water partition coefficient (Wildman–Crippen LogP) is 0.633. The fourth-order valence-electron chi connectivity index (χ4n) is 3.80. The second-order valence-corrected chi connectivity index (χ2v) is 10.6. The minimum absolute atomic E-state index is 0.235. The number of hydrogen-bond donors (Lipinski definition) is 1. The Morgan fingerprint density at radius 1 is 1.08 bits per heavy atom. The molecule has 0 radical (unpaired) electrons. The van der Waals surface area contributed by atoms with E-state index in [1.807, 2.05) is 0 Å². The molecule has 7 atom stereocenters. The summed E-state index contributed by atoms with van der Waals surface area (Å²) in [6.45, 7) is 8.18. The summed E-state index contributed by atoms with van der Waals surface area (Å²) in [7, 11) is -1.44. The second kappa shape index (κ2) is 15.1. The van der Waals surface area contributed by atoms with Crippen molar-refractivity contribution in [2.45, 2.75) is 70.4 Å². The van der Waals surface area contributed by atoms with Crippen molar-refractivity contribution in [1.29, 1.82) is 0 Å². The Bertz CT molecular complexity index is 970. The van der Waals surface area contributed by atoms with Crippen LogP contribution in [0.4, 0.5) is 0 Å². The van der Waals surface area contributed by atoms with Crippen LogP contribution in [0.5, 0.6) is 0 Å². The van der Waals surface area contributed by atoms with Gasteiger partial charge < -0.3 is 42.8 Å². The molecule has 39 heavy (non-hydrogen) atoms. The van der Waals surface area contributed by atoms with E-state index < -0.39 is 86.7 Å². The molecule has 0 spiro atoms. The van der Waals surface area contributed by atoms with E-state index in [1.54, 1.807) is 0 Å². The Balaban J connectivity index is 3.82. The molecule has 1 unspecified atom stereocenters. The number of carbonyl (C=O) groups excluding carboxylic acids is 5. The van der Waals surface area contributed by atoms with Gasteiger partial charge in [0.25, 0.3) is 5.79 Å². The summed E-state index contributed by atoms with van der Waals surface area (Å²) in [6.07, 6.45) is -5.21. The molecule has 1 saturated heterocycles. The summed E-state index contributed by atoms with van der Waals surface area (Å²) >= 11 is 0. The molecule has 1 heterocycles. The molecule has 0 aromatic rings. The first-order valence-corrected chi connectivity index (χ1v) is 13.7. The van der Waals surface area contributed by atoms with Crippen LogP contribution in [0.25, 0.3) is 0 Å². The third kappa shape index (κ3) is 10.3. The van der Waals surface area contributed by atoms with E-state index in [0.717, 1.165) is 48.6 Å². The van der Waals surface area contributed by atoms with E-state index in [4.69, 9.17) is 37.5 Å². The van der Waals surface area contributed by atoms with Crippen LogP contribution in [0, 0.1) is 0 Å². The summed E-state index contributed by atoms with van der Waals surface area (Å²) < 4.78 is 55.3. The Morgan fingerprint density at radius 2 is 1.69 bits per heavy atom. The standard InChI is InChI=1S/C23H36NO14P/c1-9-10-33-23(22(29)31-6)11-17(35-14(3)26)19(24-13(2)25)21(38-23)20(37-16(5)28)18(36-15(4)27)12-34-39(8,30)32-7/h9,17-21H,1,10-12H2,2-8H3,(H,24,25)/t17-,18+,19+,20+,21+,23+,39?/m0/s1. The van der Waals surface area contributed by atoms with E-state index >= 15 is 0 Å². The third-order valence-corrected chi connectivity index (χ3v) is 6.56. The topological polar surface area (TPSA) is 188 Å². The zero-order valence-corrected chi connectivity index (χ0v) is 23.8. The SMILES string of the molecule is C=CCO[C@]1(C(=O)OC)C[C@H](OC(C)=O)[C@@H](NC(C)=O)[C@H]([C@H](OC(C)=O)[C@@H](COP(C)(=O)OC)OC(C)=O)O1. The first-order valence-electron chi connectivity index (χ1n) is 11.7. The van der Waals surface area contributed by atoms with E-state index in [1.165, 1.54) is 6.08 Å². The smallest absolute Gasteiger partial charge is 0.366 e. The minimum atomic E-state index is -3.64. The van der Waals surface area contributed by atoms with Crippen LogP contribution in [0.15, 0.2) is 12.7 Å². The maximum atomic E-state index is 13.0. The van der Waals surface area contributed by atoms with Crippen molar-refractivity contribution >= 4 is 37.4 Å². The first-order chi connectivity index (χ1) is 18.1. The molecule has 0 aliphatic carbocycles. The molecular weight excluding hydrogens is 545 g/mol. The normalized spacial score (nSPS) is 25.7. The maximum Gasteiger partial charge on any atom is 0.366 e. The van der Waals surface area contributed by atoms with E-state index in [-0.39, 0.29) is 6.61 Å². The molecule has 16 heteroatoms. The Kier molecular flexibility index (Phi) is 13.2. The highest BCUT2D eigenvalue weighted by Crippen LogP contribution is 2.43. The molecule has 1 aliphatic heterocycles. The van der Waals surface area contributed by atoms with Gasteiger partial charge in [0, 0.05) is 41.5 Å². The van der Waals surface area contributed by atoms with Crippen LogP contribution >= 0.6 is 7.60 Å². The zero-order chi connectivity index (χ0) is 30.0. The lowest BCUT2D eigenvalue weighted by molar-refractivity contribution is -0.311. The third-order valence-electron chi connectivity index (χ3n) is 5.28. The predicted molar refractivity (Wildman–Crippen MR) is 131 cm³/mol. The quantitative estimate of drug-likeness (QED) is 0.130. The Hall–Kier alpha value is -2.84. The van der Waals surface area contributed by atoms with Crippen molar-refractivity contribution in [1.82, 2.24) is 5.32 Å². The van der Waals surface area contributed by atoms with Gasteiger partial charge in [0.1, 0.15) is 12.2 Å². The highest BCUT2D eigenvalue weighted by atomic mass is 31.2. The Labute approximate surface area is 226 Å². The van der Waals surface area contributed by atoms with E-state index in [0.29, 0.717) is 0 Å². The largest absolute Gasteiger partial charge is 0.465 e. The van der Waals surface area contributed by atoms with Gasteiger partial charge in [0.15, 0.2) is 12.2 Å². The van der Waals surface area contributed by atoms with Crippen molar-refractivity contribution in [2.24, 2.45) is 0 Å². The number of carbonyl (C=O) groups is 5. The molecule has 15 nitrogen and oxygen atoms in total.